The van der Waals surface area contributed by atoms with Crippen LogP contribution in [0, 0.1) is 0 Å². The van der Waals surface area contributed by atoms with E-state index in [9.17, 15) is 4.79 Å². The van der Waals surface area contributed by atoms with Gasteiger partial charge in [0.25, 0.3) is 0 Å². The molecular formula is C28H29ClN4O2S. The molecule has 0 aliphatic heterocycles. The monoisotopic (exact) mass is 520 g/mol. The van der Waals surface area contributed by atoms with Crippen LogP contribution in [0.1, 0.15) is 38.7 Å². The number of benzene rings is 3. The van der Waals surface area contributed by atoms with E-state index in [-0.39, 0.29) is 11.7 Å². The SMILES string of the molecule is CCOc1ccc(-n2c(SCC(=O)Nc3ccc([C@H](C)CC)cc3)nnc2-c2cccc(Cl)c2)cc1. The molecule has 0 radical (unpaired) electrons. The van der Waals surface area contributed by atoms with Gasteiger partial charge in [-0.15, -0.1) is 10.2 Å². The van der Waals surface area contributed by atoms with Gasteiger partial charge >= 0.3 is 0 Å². The van der Waals surface area contributed by atoms with Crippen molar-refractivity contribution < 1.29 is 9.53 Å². The van der Waals surface area contributed by atoms with Gasteiger partial charge in [0.05, 0.1) is 12.4 Å². The quantitative estimate of drug-likeness (QED) is 0.223. The molecule has 1 atom stereocenters. The Bertz CT molecular complexity index is 1310. The predicted octanol–water partition coefficient (Wildman–Crippen LogP) is 7.23. The zero-order chi connectivity index (χ0) is 25.5. The topological polar surface area (TPSA) is 69.0 Å². The van der Waals surface area contributed by atoms with Gasteiger partial charge in [0.1, 0.15) is 5.75 Å². The molecule has 1 aromatic heterocycles. The van der Waals surface area contributed by atoms with Crippen LogP contribution >= 0.6 is 23.4 Å². The fraction of sp³-hybridized carbons (Fsp3) is 0.250. The van der Waals surface area contributed by atoms with Crippen molar-refractivity contribution in [1.29, 1.82) is 0 Å². The molecule has 0 fully saturated rings. The van der Waals surface area contributed by atoms with Crippen molar-refractivity contribution in [2.45, 2.75) is 38.3 Å². The second kappa shape index (κ2) is 12.1. The molecular weight excluding hydrogens is 492 g/mol. The lowest BCUT2D eigenvalue weighted by Gasteiger charge is -2.12. The van der Waals surface area contributed by atoms with Crippen molar-refractivity contribution in [3.05, 3.63) is 83.4 Å². The van der Waals surface area contributed by atoms with E-state index < -0.39 is 0 Å². The molecule has 0 spiro atoms. The summed E-state index contributed by atoms with van der Waals surface area (Å²) in [5.41, 5.74) is 3.74. The van der Waals surface area contributed by atoms with Crippen LogP contribution in [0.25, 0.3) is 17.1 Å². The standard InChI is InChI=1S/C28H29ClN4O2S/c1-4-19(3)20-9-11-23(12-10-20)30-26(34)18-36-28-32-31-27(21-7-6-8-22(29)17-21)33(28)24-13-15-25(16-14-24)35-5-2/h6-17,19H,4-5,18H2,1-3H3,(H,30,34)/t19-/m1/s1. The normalized spacial score (nSPS) is 11.8. The number of carbonyl (C=O) groups excluding carboxylic acids is 1. The first-order chi connectivity index (χ1) is 17.5. The van der Waals surface area contributed by atoms with Crippen LogP contribution in [0.5, 0.6) is 5.75 Å². The predicted molar refractivity (Wildman–Crippen MR) is 147 cm³/mol. The summed E-state index contributed by atoms with van der Waals surface area (Å²) in [6.45, 7) is 6.91. The molecule has 0 aliphatic rings. The molecule has 0 aliphatic carbocycles. The first kappa shape index (κ1) is 25.8. The Morgan fingerprint density at radius 2 is 1.81 bits per heavy atom. The first-order valence-electron chi connectivity index (χ1n) is 12.0. The zero-order valence-corrected chi connectivity index (χ0v) is 22.1. The molecule has 8 heteroatoms. The summed E-state index contributed by atoms with van der Waals surface area (Å²) in [7, 11) is 0. The van der Waals surface area contributed by atoms with E-state index in [4.69, 9.17) is 16.3 Å². The summed E-state index contributed by atoms with van der Waals surface area (Å²) < 4.78 is 7.52. The molecule has 1 amide bonds. The number of rotatable bonds is 10. The van der Waals surface area contributed by atoms with Crippen molar-refractivity contribution in [3.63, 3.8) is 0 Å². The number of anilines is 1. The Hall–Kier alpha value is -3.29. The van der Waals surface area contributed by atoms with Crippen LogP contribution in [-0.2, 0) is 4.79 Å². The van der Waals surface area contributed by atoms with E-state index in [1.165, 1.54) is 17.3 Å². The van der Waals surface area contributed by atoms with Gasteiger partial charge in [-0.1, -0.05) is 61.5 Å². The Morgan fingerprint density at radius 1 is 1.06 bits per heavy atom. The largest absolute Gasteiger partial charge is 0.494 e. The minimum absolute atomic E-state index is 0.109. The molecule has 1 N–H and O–H groups in total. The van der Waals surface area contributed by atoms with Crippen molar-refractivity contribution in [3.8, 4) is 22.8 Å². The lowest BCUT2D eigenvalue weighted by atomic mass is 9.99. The smallest absolute Gasteiger partial charge is 0.234 e. The fourth-order valence-corrected chi connectivity index (χ4v) is 4.67. The Labute approximate surface area is 221 Å². The van der Waals surface area contributed by atoms with Gasteiger partial charge in [0, 0.05) is 22.0 Å². The van der Waals surface area contributed by atoms with Crippen LogP contribution < -0.4 is 10.1 Å². The first-order valence-corrected chi connectivity index (χ1v) is 13.3. The summed E-state index contributed by atoms with van der Waals surface area (Å²) in [6.07, 6.45) is 1.08. The van der Waals surface area contributed by atoms with Crippen LogP contribution in [0.4, 0.5) is 5.69 Å². The molecule has 4 aromatic rings. The fourth-order valence-electron chi connectivity index (χ4n) is 3.73. The number of ether oxygens (including phenoxy) is 1. The molecule has 3 aromatic carbocycles. The molecule has 4 rings (SSSR count). The number of hydrogen-bond acceptors (Lipinski definition) is 5. The van der Waals surface area contributed by atoms with E-state index in [1.54, 1.807) is 0 Å². The number of halogens is 1. The summed E-state index contributed by atoms with van der Waals surface area (Å²) in [5.74, 6) is 2.00. The van der Waals surface area contributed by atoms with Gasteiger partial charge < -0.3 is 10.1 Å². The highest BCUT2D eigenvalue weighted by Gasteiger charge is 2.18. The van der Waals surface area contributed by atoms with E-state index in [2.05, 4.69) is 41.5 Å². The minimum atomic E-state index is -0.109. The van der Waals surface area contributed by atoms with Gasteiger partial charge in [-0.25, -0.2) is 0 Å². The van der Waals surface area contributed by atoms with Gasteiger partial charge in [-0.3, -0.25) is 9.36 Å². The number of aromatic nitrogens is 3. The summed E-state index contributed by atoms with van der Waals surface area (Å²) in [5, 5.41) is 13.0. The summed E-state index contributed by atoms with van der Waals surface area (Å²) in [4.78, 5) is 12.7. The number of carbonyl (C=O) groups is 1. The molecule has 1 heterocycles. The highest BCUT2D eigenvalue weighted by molar-refractivity contribution is 7.99. The van der Waals surface area contributed by atoms with E-state index in [0.717, 1.165) is 29.1 Å². The zero-order valence-electron chi connectivity index (χ0n) is 20.6. The van der Waals surface area contributed by atoms with Gasteiger partial charge in [0.15, 0.2) is 11.0 Å². The highest BCUT2D eigenvalue weighted by atomic mass is 35.5. The third-order valence-corrected chi connectivity index (χ3v) is 6.99. The Kier molecular flexibility index (Phi) is 8.67. The van der Waals surface area contributed by atoms with E-state index in [1.807, 2.05) is 72.2 Å². The highest BCUT2D eigenvalue weighted by Crippen LogP contribution is 2.30. The lowest BCUT2D eigenvalue weighted by molar-refractivity contribution is -0.113. The van der Waals surface area contributed by atoms with Crippen molar-refractivity contribution >= 4 is 35.0 Å². The molecule has 0 unspecified atom stereocenters. The van der Waals surface area contributed by atoms with E-state index in [0.29, 0.717) is 28.5 Å². The average molecular weight is 521 g/mol. The maximum absolute atomic E-state index is 12.7. The molecule has 36 heavy (non-hydrogen) atoms. The molecule has 186 valence electrons. The van der Waals surface area contributed by atoms with Gasteiger partial charge in [-0.2, -0.15) is 0 Å². The third kappa shape index (κ3) is 6.28. The molecule has 0 bridgehead atoms. The maximum Gasteiger partial charge on any atom is 0.234 e. The van der Waals surface area contributed by atoms with Crippen LogP contribution in [0.2, 0.25) is 5.02 Å². The number of nitrogens with zero attached hydrogens (tertiary/aromatic N) is 3. The van der Waals surface area contributed by atoms with Crippen LogP contribution in [0.15, 0.2) is 78.0 Å². The molecule has 0 saturated carbocycles. The Balaban J connectivity index is 1.54. The van der Waals surface area contributed by atoms with Crippen molar-refractivity contribution in [2.75, 3.05) is 17.7 Å². The second-order valence-corrected chi connectivity index (χ2v) is 9.73. The van der Waals surface area contributed by atoms with Gasteiger partial charge in [0.2, 0.25) is 5.91 Å². The average Bonchev–Trinajstić information content (AvgIpc) is 3.32. The number of hydrogen-bond donors (Lipinski definition) is 1. The second-order valence-electron chi connectivity index (χ2n) is 8.35. The summed E-state index contributed by atoms with van der Waals surface area (Å²) >= 11 is 7.57. The Morgan fingerprint density at radius 3 is 2.47 bits per heavy atom. The van der Waals surface area contributed by atoms with Crippen LogP contribution in [-0.4, -0.2) is 33.0 Å². The number of thioether (sulfide) groups is 1. The lowest BCUT2D eigenvalue weighted by Crippen LogP contribution is -2.14. The molecule has 0 saturated heterocycles. The van der Waals surface area contributed by atoms with E-state index >= 15 is 0 Å². The number of amides is 1. The van der Waals surface area contributed by atoms with Crippen LogP contribution in [0.3, 0.4) is 0 Å². The van der Waals surface area contributed by atoms with Crippen molar-refractivity contribution in [1.82, 2.24) is 14.8 Å². The maximum atomic E-state index is 12.7. The molecule has 6 nitrogen and oxygen atoms in total. The number of nitrogens with one attached hydrogen (secondary N) is 1. The van der Waals surface area contributed by atoms with Crippen molar-refractivity contribution in [2.24, 2.45) is 0 Å². The third-order valence-electron chi connectivity index (χ3n) is 5.83. The minimum Gasteiger partial charge on any atom is -0.494 e. The van der Waals surface area contributed by atoms with Gasteiger partial charge in [-0.05, 0) is 73.4 Å². The summed E-state index contributed by atoms with van der Waals surface area (Å²) in [6, 6.07) is 23.2.